The summed E-state index contributed by atoms with van der Waals surface area (Å²) in [7, 11) is 0. The van der Waals surface area contributed by atoms with E-state index in [1.807, 2.05) is 25.1 Å². The molecule has 3 atom stereocenters. The molecule has 1 spiro atoms. The quantitative estimate of drug-likeness (QED) is 0.394. The summed E-state index contributed by atoms with van der Waals surface area (Å²) in [6, 6.07) is 24.1. The smallest absolute Gasteiger partial charge is 0.261 e. The summed E-state index contributed by atoms with van der Waals surface area (Å²) in [6.07, 6.45) is 3.68. The van der Waals surface area contributed by atoms with Gasteiger partial charge in [-0.2, -0.15) is 10.1 Å². The number of benzene rings is 3. The molecule has 0 saturated carbocycles. The Labute approximate surface area is 216 Å². The number of anilines is 2. The largest absolute Gasteiger partial charge is 0.367 e. The van der Waals surface area contributed by atoms with Gasteiger partial charge in [-0.3, -0.25) is 4.79 Å². The van der Waals surface area contributed by atoms with E-state index in [0.29, 0.717) is 17.4 Å². The normalized spacial score (nSPS) is 25.5. The van der Waals surface area contributed by atoms with E-state index in [1.165, 1.54) is 5.56 Å². The molecule has 178 valence electrons. The highest BCUT2D eigenvalue weighted by atomic mass is 35.5. The van der Waals surface area contributed by atoms with E-state index >= 15 is 0 Å². The number of carbonyl (C=O) groups excluding carboxylic acids is 1. The second kappa shape index (κ2) is 8.69. The zero-order valence-corrected chi connectivity index (χ0v) is 21.1. The summed E-state index contributed by atoms with van der Waals surface area (Å²) in [6.45, 7) is 2.92. The number of nitrogens with zero attached hydrogens (tertiary/aromatic N) is 3. The molecule has 1 fully saturated rings. The van der Waals surface area contributed by atoms with E-state index in [4.69, 9.17) is 28.3 Å². The first kappa shape index (κ1) is 22.6. The number of rotatable bonds is 3. The van der Waals surface area contributed by atoms with Crippen LogP contribution in [-0.2, 0) is 17.6 Å². The van der Waals surface area contributed by atoms with Gasteiger partial charge < -0.3 is 4.90 Å². The van der Waals surface area contributed by atoms with Crippen LogP contribution < -0.4 is 9.91 Å². The number of fused-ring (bicyclic) bond motifs is 4. The van der Waals surface area contributed by atoms with Crippen molar-refractivity contribution in [2.45, 2.75) is 38.6 Å². The van der Waals surface area contributed by atoms with Gasteiger partial charge in [0.05, 0.1) is 11.4 Å². The van der Waals surface area contributed by atoms with Crippen molar-refractivity contribution in [3.05, 3.63) is 94.0 Å². The molecule has 3 aromatic rings. The van der Waals surface area contributed by atoms with Gasteiger partial charge in [0.1, 0.15) is 5.41 Å². The van der Waals surface area contributed by atoms with Crippen molar-refractivity contribution in [2.24, 2.45) is 16.4 Å². The lowest BCUT2D eigenvalue weighted by Gasteiger charge is -2.52. The first-order valence-electron chi connectivity index (χ1n) is 12.2. The molecular formula is C29H27Cl2N3O. The van der Waals surface area contributed by atoms with Crippen molar-refractivity contribution in [1.29, 1.82) is 0 Å². The van der Waals surface area contributed by atoms with Crippen LogP contribution in [-0.4, -0.2) is 24.2 Å². The second-order valence-electron chi connectivity index (χ2n) is 9.99. The van der Waals surface area contributed by atoms with Crippen LogP contribution in [0.4, 0.5) is 11.4 Å². The number of carbonyl (C=O) groups is 1. The fourth-order valence-electron chi connectivity index (χ4n) is 6.27. The minimum atomic E-state index is -0.699. The molecule has 0 N–H and O–H groups in total. The van der Waals surface area contributed by atoms with Gasteiger partial charge in [0.25, 0.3) is 5.91 Å². The van der Waals surface area contributed by atoms with Gasteiger partial charge in [-0.15, -0.1) is 0 Å². The molecule has 0 bridgehead atoms. The maximum Gasteiger partial charge on any atom is 0.261 e. The minimum absolute atomic E-state index is 0.0319. The lowest BCUT2D eigenvalue weighted by Crippen LogP contribution is -2.62. The zero-order chi connectivity index (χ0) is 24.2. The number of hydrogen-bond donors (Lipinski definition) is 0. The highest BCUT2D eigenvalue weighted by Gasteiger charge is 2.59. The highest BCUT2D eigenvalue weighted by Crippen LogP contribution is 2.51. The van der Waals surface area contributed by atoms with Crippen molar-refractivity contribution in [3.63, 3.8) is 0 Å². The van der Waals surface area contributed by atoms with Gasteiger partial charge in [0.15, 0.2) is 0 Å². The maximum atomic E-state index is 14.3. The number of amides is 1. The molecule has 0 unspecified atom stereocenters. The van der Waals surface area contributed by atoms with Crippen LogP contribution in [0.25, 0.3) is 0 Å². The van der Waals surface area contributed by atoms with Crippen LogP contribution in [0.15, 0.2) is 77.9 Å². The lowest BCUT2D eigenvalue weighted by molar-refractivity contribution is -0.125. The summed E-state index contributed by atoms with van der Waals surface area (Å²) in [5.74, 6) is 0.551. The van der Waals surface area contributed by atoms with Crippen molar-refractivity contribution >= 4 is 46.2 Å². The Balaban J connectivity index is 1.41. The first-order chi connectivity index (χ1) is 17.0. The van der Waals surface area contributed by atoms with Crippen molar-refractivity contribution in [2.75, 3.05) is 16.5 Å². The summed E-state index contributed by atoms with van der Waals surface area (Å²) in [5, 5.41) is 7.80. The first-order valence-corrected chi connectivity index (χ1v) is 13.0. The summed E-state index contributed by atoms with van der Waals surface area (Å²) in [4.78, 5) is 16.7. The summed E-state index contributed by atoms with van der Waals surface area (Å²) < 4.78 is 0. The van der Waals surface area contributed by atoms with Gasteiger partial charge in [0.2, 0.25) is 0 Å². The molecule has 1 saturated heterocycles. The molecule has 0 aromatic heterocycles. The summed E-state index contributed by atoms with van der Waals surface area (Å²) in [5.41, 5.74) is 4.61. The number of hydrazone groups is 1. The third-order valence-corrected chi connectivity index (χ3v) is 8.50. The highest BCUT2D eigenvalue weighted by molar-refractivity contribution is 6.31. The molecule has 35 heavy (non-hydrogen) atoms. The zero-order valence-electron chi connectivity index (χ0n) is 19.6. The average molecular weight is 504 g/mol. The van der Waals surface area contributed by atoms with Crippen LogP contribution in [0, 0.1) is 11.3 Å². The molecule has 1 amide bonds. The van der Waals surface area contributed by atoms with E-state index in [-0.39, 0.29) is 11.9 Å². The monoisotopic (exact) mass is 503 g/mol. The third-order valence-electron chi connectivity index (χ3n) is 8.01. The minimum Gasteiger partial charge on any atom is -0.367 e. The molecular weight excluding hydrogens is 477 g/mol. The fourth-order valence-corrected chi connectivity index (χ4v) is 6.56. The molecule has 4 nitrogen and oxygen atoms in total. The van der Waals surface area contributed by atoms with Crippen molar-refractivity contribution < 1.29 is 4.79 Å². The Morgan fingerprint density at radius 3 is 2.51 bits per heavy atom. The number of halogens is 2. The molecule has 3 aliphatic heterocycles. The standard InChI is InChI=1S/C29H27Cl2N3O/c1-19-29(28(35)34(32-19)25-11-9-23(30)10-12-25)18-22-7-8-24(31)17-26(22)33-14-13-21(16-27(29)33)15-20-5-3-2-4-6-20/h2-12,17,21,27H,13-16,18H2,1H3/t21-,27+,29-/m0/s1. The predicted molar refractivity (Wildman–Crippen MR) is 144 cm³/mol. The Hall–Kier alpha value is -2.82. The molecule has 0 aliphatic carbocycles. The van der Waals surface area contributed by atoms with E-state index < -0.39 is 5.41 Å². The van der Waals surface area contributed by atoms with Crippen LogP contribution >= 0.6 is 23.2 Å². The van der Waals surface area contributed by atoms with Gasteiger partial charge >= 0.3 is 0 Å². The molecule has 3 aromatic carbocycles. The van der Waals surface area contributed by atoms with Gasteiger partial charge in [-0.05, 0) is 86.1 Å². The van der Waals surface area contributed by atoms with Crippen LogP contribution in [0.2, 0.25) is 10.0 Å². The number of hydrogen-bond acceptors (Lipinski definition) is 3. The van der Waals surface area contributed by atoms with Gasteiger partial charge in [-0.25, -0.2) is 0 Å². The van der Waals surface area contributed by atoms with Gasteiger partial charge in [0, 0.05) is 28.3 Å². The SMILES string of the molecule is CC1=NN(c2ccc(Cl)cc2)C(=O)[C@@]12Cc1ccc(Cl)cc1N1CC[C@@H](Cc3ccccc3)C[C@@H]12. The Morgan fingerprint density at radius 1 is 1.00 bits per heavy atom. The topological polar surface area (TPSA) is 35.9 Å². The molecule has 3 heterocycles. The Bertz CT molecular complexity index is 1310. The maximum absolute atomic E-state index is 14.3. The van der Waals surface area contributed by atoms with E-state index in [9.17, 15) is 4.79 Å². The lowest BCUT2D eigenvalue weighted by atomic mass is 9.64. The number of piperidine rings is 1. The average Bonchev–Trinajstić information content (AvgIpc) is 3.11. The molecule has 3 aliphatic rings. The van der Waals surface area contributed by atoms with Crippen LogP contribution in [0.3, 0.4) is 0 Å². The molecule has 6 heteroatoms. The predicted octanol–water partition coefficient (Wildman–Crippen LogP) is 6.79. The van der Waals surface area contributed by atoms with E-state index in [0.717, 1.165) is 53.5 Å². The Morgan fingerprint density at radius 2 is 1.74 bits per heavy atom. The summed E-state index contributed by atoms with van der Waals surface area (Å²) >= 11 is 12.5. The van der Waals surface area contributed by atoms with Crippen molar-refractivity contribution in [3.8, 4) is 0 Å². The van der Waals surface area contributed by atoms with Crippen molar-refractivity contribution in [1.82, 2.24) is 0 Å². The third kappa shape index (κ3) is 3.75. The Kier molecular flexibility index (Phi) is 5.62. The van der Waals surface area contributed by atoms with Crippen LogP contribution in [0.1, 0.15) is 30.9 Å². The van der Waals surface area contributed by atoms with E-state index in [1.54, 1.807) is 17.1 Å². The van der Waals surface area contributed by atoms with E-state index in [2.05, 4.69) is 47.4 Å². The second-order valence-corrected chi connectivity index (χ2v) is 10.9. The fraction of sp³-hybridized carbons (Fsp3) is 0.310. The van der Waals surface area contributed by atoms with Gasteiger partial charge in [-0.1, -0.05) is 59.6 Å². The van der Waals surface area contributed by atoms with Crippen LogP contribution in [0.5, 0.6) is 0 Å². The molecule has 0 radical (unpaired) electrons. The molecule has 6 rings (SSSR count).